The molecule has 0 aliphatic carbocycles. The molecule has 1 saturated heterocycles. The highest BCUT2D eigenvalue weighted by molar-refractivity contribution is 6.30. The smallest absolute Gasteiger partial charge is 0.266 e. The van der Waals surface area contributed by atoms with Crippen LogP contribution in [-0.4, -0.2) is 37.0 Å². The van der Waals surface area contributed by atoms with Crippen LogP contribution in [0.15, 0.2) is 60.3 Å². The third-order valence-electron chi connectivity index (χ3n) is 4.32. The zero-order valence-electron chi connectivity index (χ0n) is 14.5. The molecule has 1 aliphatic rings. The molecule has 0 saturated carbocycles. The maximum Gasteiger partial charge on any atom is 0.266 e. The van der Waals surface area contributed by atoms with E-state index in [9.17, 15) is 14.4 Å². The lowest BCUT2D eigenvalue weighted by Crippen LogP contribution is -2.49. The van der Waals surface area contributed by atoms with Gasteiger partial charge in [0.25, 0.3) is 5.91 Å². The fourth-order valence-corrected chi connectivity index (χ4v) is 3.06. The van der Waals surface area contributed by atoms with Crippen molar-refractivity contribution in [1.29, 1.82) is 5.26 Å². The first-order chi connectivity index (χ1) is 13.1. The van der Waals surface area contributed by atoms with Crippen molar-refractivity contribution in [3.05, 3.63) is 71.1 Å². The number of nitrogens with zero attached hydrogens (tertiary/aromatic N) is 3. The molecule has 0 spiro atoms. The van der Waals surface area contributed by atoms with E-state index in [1.54, 1.807) is 41.3 Å². The van der Waals surface area contributed by atoms with E-state index in [1.165, 1.54) is 18.3 Å². The van der Waals surface area contributed by atoms with E-state index in [1.807, 2.05) is 6.07 Å². The fraction of sp³-hybridized carbons (Fsp3) is 0.200. The maximum atomic E-state index is 13.0. The number of rotatable bonds is 4. The van der Waals surface area contributed by atoms with E-state index >= 15 is 0 Å². The van der Waals surface area contributed by atoms with Crippen molar-refractivity contribution in [2.45, 2.75) is 0 Å². The highest BCUT2D eigenvalue weighted by atomic mass is 35.5. The average molecular weight is 385 g/mol. The van der Waals surface area contributed by atoms with Crippen LogP contribution >= 0.6 is 11.6 Å². The maximum absolute atomic E-state index is 13.0. The van der Waals surface area contributed by atoms with Crippen LogP contribution in [0.1, 0.15) is 0 Å². The van der Waals surface area contributed by atoms with Crippen molar-refractivity contribution in [2.24, 2.45) is 0 Å². The van der Waals surface area contributed by atoms with Gasteiger partial charge in [0, 0.05) is 48.8 Å². The van der Waals surface area contributed by atoms with Gasteiger partial charge in [-0.15, -0.1) is 0 Å². The Labute approximate surface area is 162 Å². The standard InChI is InChI=1S/C20H18ClFN4O/c21-16-2-1-3-18(12-16)24-14-15(13-23)20(27)26-10-8-25(9-11-26)19-6-4-17(22)5-7-19/h1-7,12,14,24H,8-11H2/b15-14-. The second kappa shape index (κ2) is 8.56. The van der Waals surface area contributed by atoms with Gasteiger partial charge >= 0.3 is 0 Å². The third kappa shape index (κ3) is 4.78. The molecule has 0 aromatic heterocycles. The molecule has 7 heteroatoms. The van der Waals surface area contributed by atoms with Gasteiger partial charge in [-0.3, -0.25) is 4.79 Å². The summed E-state index contributed by atoms with van der Waals surface area (Å²) in [5, 5.41) is 12.8. The highest BCUT2D eigenvalue weighted by Gasteiger charge is 2.23. The summed E-state index contributed by atoms with van der Waals surface area (Å²) in [6.45, 7) is 2.23. The summed E-state index contributed by atoms with van der Waals surface area (Å²) in [7, 11) is 0. The van der Waals surface area contributed by atoms with Crippen molar-refractivity contribution in [3.8, 4) is 6.07 Å². The van der Waals surface area contributed by atoms with E-state index in [4.69, 9.17) is 11.6 Å². The van der Waals surface area contributed by atoms with E-state index in [2.05, 4.69) is 10.2 Å². The molecule has 2 aromatic rings. The Morgan fingerprint density at radius 1 is 1.15 bits per heavy atom. The first kappa shape index (κ1) is 18.7. The minimum absolute atomic E-state index is 0.0326. The van der Waals surface area contributed by atoms with Crippen LogP contribution in [0.4, 0.5) is 15.8 Å². The molecule has 0 bridgehead atoms. The Kier molecular flexibility index (Phi) is 5.94. The lowest BCUT2D eigenvalue weighted by atomic mass is 10.2. The molecule has 1 N–H and O–H groups in total. The average Bonchev–Trinajstić information content (AvgIpc) is 2.69. The molecule has 5 nitrogen and oxygen atoms in total. The zero-order chi connectivity index (χ0) is 19.2. The van der Waals surface area contributed by atoms with Crippen LogP contribution in [0.2, 0.25) is 5.02 Å². The monoisotopic (exact) mass is 384 g/mol. The van der Waals surface area contributed by atoms with Crippen LogP contribution in [0.3, 0.4) is 0 Å². The molecule has 1 aliphatic heterocycles. The van der Waals surface area contributed by atoms with Gasteiger partial charge in [0.05, 0.1) is 0 Å². The van der Waals surface area contributed by atoms with E-state index in [-0.39, 0.29) is 17.3 Å². The summed E-state index contributed by atoms with van der Waals surface area (Å²) in [6.07, 6.45) is 1.40. The molecule has 0 unspecified atom stereocenters. The summed E-state index contributed by atoms with van der Waals surface area (Å²) in [6, 6.07) is 15.3. The van der Waals surface area contributed by atoms with Gasteiger partial charge in [0.1, 0.15) is 17.5 Å². The van der Waals surface area contributed by atoms with Crippen LogP contribution < -0.4 is 10.2 Å². The van der Waals surface area contributed by atoms with Crippen LogP contribution in [0, 0.1) is 17.1 Å². The number of hydrogen-bond acceptors (Lipinski definition) is 4. The lowest BCUT2D eigenvalue weighted by molar-refractivity contribution is -0.127. The van der Waals surface area contributed by atoms with Gasteiger partial charge in [0.2, 0.25) is 0 Å². The van der Waals surface area contributed by atoms with Gasteiger partial charge < -0.3 is 15.1 Å². The van der Waals surface area contributed by atoms with Crippen LogP contribution in [0.5, 0.6) is 0 Å². The van der Waals surface area contributed by atoms with Crippen molar-refractivity contribution >= 4 is 28.9 Å². The molecule has 0 atom stereocenters. The van der Waals surface area contributed by atoms with Crippen molar-refractivity contribution < 1.29 is 9.18 Å². The molecular weight excluding hydrogens is 367 g/mol. The molecular formula is C20H18ClFN4O. The van der Waals surface area contributed by atoms with Gasteiger partial charge in [-0.2, -0.15) is 5.26 Å². The van der Waals surface area contributed by atoms with Gasteiger partial charge in [-0.1, -0.05) is 17.7 Å². The number of carbonyl (C=O) groups is 1. The molecule has 1 heterocycles. The number of nitrogens with one attached hydrogen (secondary N) is 1. The van der Waals surface area contributed by atoms with E-state index < -0.39 is 0 Å². The zero-order valence-corrected chi connectivity index (χ0v) is 15.3. The van der Waals surface area contributed by atoms with Crippen molar-refractivity contribution in [1.82, 2.24) is 4.90 Å². The summed E-state index contributed by atoms with van der Waals surface area (Å²) in [5.74, 6) is -0.589. The molecule has 27 heavy (non-hydrogen) atoms. The number of amides is 1. The Bertz CT molecular complexity index is 884. The number of nitriles is 1. The molecule has 1 fully saturated rings. The minimum Gasteiger partial charge on any atom is -0.368 e. The number of hydrogen-bond donors (Lipinski definition) is 1. The molecule has 2 aromatic carbocycles. The molecule has 138 valence electrons. The van der Waals surface area contributed by atoms with Gasteiger partial charge in [-0.05, 0) is 42.5 Å². The summed E-state index contributed by atoms with van der Waals surface area (Å²) < 4.78 is 13.0. The minimum atomic E-state index is -0.314. The predicted molar refractivity (Wildman–Crippen MR) is 104 cm³/mol. The lowest BCUT2D eigenvalue weighted by Gasteiger charge is -2.36. The quantitative estimate of drug-likeness (QED) is 0.645. The molecule has 3 rings (SSSR count). The van der Waals surface area contributed by atoms with E-state index in [0.717, 1.165) is 5.69 Å². The number of piperazine rings is 1. The SMILES string of the molecule is N#C/C(=C/Nc1cccc(Cl)c1)C(=O)N1CCN(c2ccc(F)cc2)CC1. The van der Waals surface area contributed by atoms with Crippen molar-refractivity contribution in [3.63, 3.8) is 0 Å². The van der Waals surface area contributed by atoms with Gasteiger partial charge in [-0.25, -0.2) is 4.39 Å². The van der Waals surface area contributed by atoms with Gasteiger partial charge in [0.15, 0.2) is 0 Å². The Morgan fingerprint density at radius 2 is 1.85 bits per heavy atom. The summed E-state index contributed by atoms with van der Waals surface area (Å²) >= 11 is 5.92. The number of carbonyl (C=O) groups excluding carboxylic acids is 1. The van der Waals surface area contributed by atoms with Crippen molar-refractivity contribution in [2.75, 3.05) is 36.4 Å². The second-order valence-corrected chi connectivity index (χ2v) is 6.52. The highest BCUT2D eigenvalue weighted by Crippen LogP contribution is 2.18. The topological polar surface area (TPSA) is 59.4 Å². The Morgan fingerprint density at radius 3 is 2.48 bits per heavy atom. The molecule has 0 radical (unpaired) electrons. The summed E-state index contributed by atoms with van der Waals surface area (Å²) in [5.41, 5.74) is 1.65. The number of halogens is 2. The normalized spacial score (nSPS) is 14.6. The van der Waals surface area contributed by atoms with Crippen LogP contribution in [-0.2, 0) is 4.79 Å². The van der Waals surface area contributed by atoms with Crippen LogP contribution in [0.25, 0.3) is 0 Å². The largest absolute Gasteiger partial charge is 0.368 e. The third-order valence-corrected chi connectivity index (χ3v) is 4.55. The molecule has 1 amide bonds. The summed E-state index contributed by atoms with van der Waals surface area (Å²) in [4.78, 5) is 16.3. The Hall–Kier alpha value is -3.04. The second-order valence-electron chi connectivity index (χ2n) is 6.08. The first-order valence-electron chi connectivity index (χ1n) is 8.49. The number of anilines is 2. The fourth-order valence-electron chi connectivity index (χ4n) is 2.87. The Balaban J connectivity index is 1.60. The predicted octanol–water partition coefficient (Wildman–Crippen LogP) is 3.65. The van der Waals surface area contributed by atoms with E-state index in [0.29, 0.717) is 36.9 Å². The number of benzene rings is 2. The first-order valence-corrected chi connectivity index (χ1v) is 8.87.